The number of nitrogens with zero attached hydrogens (tertiary/aromatic N) is 1. The third-order valence-electron chi connectivity index (χ3n) is 6.75. The first kappa shape index (κ1) is 17.3. The number of hydrogen-bond acceptors (Lipinski definition) is 3. The van der Waals surface area contributed by atoms with Crippen molar-refractivity contribution in [1.29, 1.82) is 0 Å². The van der Waals surface area contributed by atoms with Gasteiger partial charge < -0.3 is 9.73 Å². The Hall–Kier alpha value is -3.60. The normalized spacial score (nSPS) is 23.6. The Balaban J connectivity index is 1.38. The van der Waals surface area contributed by atoms with Gasteiger partial charge in [0.15, 0.2) is 11.6 Å². The second-order valence-electron chi connectivity index (χ2n) is 8.46. The van der Waals surface area contributed by atoms with Crippen LogP contribution < -0.4 is 5.32 Å². The maximum Gasteiger partial charge on any atom is 0.232 e. The van der Waals surface area contributed by atoms with Crippen molar-refractivity contribution in [3.8, 4) is 11.5 Å². The minimum Gasteiger partial charge on any atom is -0.463 e. The van der Waals surface area contributed by atoms with Gasteiger partial charge in [0, 0.05) is 17.9 Å². The van der Waals surface area contributed by atoms with Crippen LogP contribution in [0.2, 0.25) is 0 Å². The highest BCUT2D eigenvalue weighted by Crippen LogP contribution is 2.61. The van der Waals surface area contributed by atoms with Crippen molar-refractivity contribution in [2.24, 2.45) is 5.41 Å². The molecule has 3 aliphatic rings. The highest BCUT2D eigenvalue weighted by Gasteiger charge is 2.53. The molecule has 5 nitrogen and oxygen atoms in total. The number of fused-ring (bicyclic) bond motifs is 1. The molecule has 2 heterocycles. The van der Waals surface area contributed by atoms with Crippen molar-refractivity contribution < 1.29 is 9.21 Å². The summed E-state index contributed by atoms with van der Waals surface area (Å²) in [4.78, 5) is 13.6. The van der Waals surface area contributed by atoms with E-state index in [0.717, 1.165) is 12.1 Å². The summed E-state index contributed by atoms with van der Waals surface area (Å²) in [5.74, 6) is 1.46. The number of benzene rings is 2. The van der Waals surface area contributed by atoms with Crippen LogP contribution in [0.25, 0.3) is 11.5 Å². The molecule has 5 heteroatoms. The fourth-order valence-electron chi connectivity index (χ4n) is 5.39. The van der Waals surface area contributed by atoms with E-state index < -0.39 is 5.41 Å². The zero-order chi connectivity index (χ0) is 20.3. The van der Waals surface area contributed by atoms with Gasteiger partial charge in [-0.15, -0.1) is 0 Å². The van der Waals surface area contributed by atoms with Crippen LogP contribution in [0.15, 0.2) is 77.4 Å². The topological polar surface area (TPSA) is 70.9 Å². The average Bonchev–Trinajstić information content (AvgIpc) is 3.46. The fraction of sp³-hybridized carbons (Fsp3) is 0.200. The first-order chi connectivity index (χ1) is 14.6. The lowest BCUT2D eigenvalue weighted by molar-refractivity contribution is -0.126. The lowest BCUT2D eigenvalue weighted by atomic mass is 9.52. The molecule has 0 aliphatic heterocycles. The molecule has 148 valence electrons. The van der Waals surface area contributed by atoms with E-state index in [1.807, 2.05) is 18.2 Å². The Morgan fingerprint density at radius 2 is 1.70 bits per heavy atom. The van der Waals surface area contributed by atoms with Gasteiger partial charge in [0.05, 0.1) is 11.7 Å². The van der Waals surface area contributed by atoms with Crippen molar-refractivity contribution >= 4 is 11.7 Å². The summed E-state index contributed by atoms with van der Waals surface area (Å²) in [5.41, 5.74) is 5.42. The number of rotatable bonds is 3. The molecule has 1 atom stereocenters. The molecule has 2 N–H and O–H groups in total. The van der Waals surface area contributed by atoms with Crippen LogP contribution in [-0.2, 0) is 4.79 Å². The van der Waals surface area contributed by atoms with Crippen molar-refractivity contribution in [3.05, 3.63) is 95.2 Å². The van der Waals surface area contributed by atoms with E-state index in [1.165, 1.54) is 22.3 Å². The Labute approximate surface area is 174 Å². The van der Waals surface area contributed by atoms with Crippen LogP contribution >= 0.6 is 0 Å². The highest BCUT2D eigenvalue weighted by molar-refractivity contribution is 5.97. The summed E-state index contributed by atoms with van der Waals surface area (Å²) in [6, 6.07) is 22.6. The third-order valence-corrected chi connectivity index (χ3v) is 6.75. The predicted molar refractivity (Wildman–Crippen MR) is 114 cm³/mol. The van der Waals surface area contributed by atoms with E-state index in [4.69, 9.17) is 4.42 Å². The first-order valence-corrected chi connectivity index (χ1v) is 10.2. The lowest BCUT2D eigenvalue weighted by Crippen LogP contribution is -2.47. The second kappa shape index (κ2) is 6.20. The van der Waals surface area contributed by atoms with Crippen LogP contribution in [0.1, 0.15) is 47.4 Å². The van der Waals surface area contributed by atoms with Gasteiger partial charge in [0.1, 0.15) is 5.69 Å². The highest BCUT2D eigenvalue weighted by atomic mass is 16.3. The third kappa shape index (κ3) is 2.35. The number of furan rings is 1. The second-order valence-corrected chi connectivity index (χ2v) is 8.46. The fourth-order valence-corrected chi connectivity index (χ4v) is 5.39. The molecule has 0 saturated carbocycles. The number of carbonyl (C=O) groups is 1. The predicted octanol–water partition coefficient (Wildman–Crippen LogP) is 5.30. The average molecular weight is 395 g/mol. The van der Waals surface area contributed by atoms with Crippen molar-refractivity contribution in [1.82, 2.24) is 10.2 Å². The number of anilines is 1. The van der Waals surface area contributed by atoms with Gasteiger partial charge in [-0.25, -0.2) is 0 Å². The Morgan fingerprint density at radius 3 is 2.33 bits per heavy atom. The number of aromatic nitrogens is 2. The zero-order valence-electron chi connectivity index (χ0n) is 16.6. The molecule has 0 fully saturated rings. The van der Waals surface area contributed by atoms with Crippen LogP contribution in [0.3, 0.4) is 0 Å². The summed E-state index contributed by atoms with van der Waals surface area (Å²) in [6.07, 6.45) is 2.40. The molecule has 2 aromatic heterocycles. The molecular formula is C25H21N3O2. The number of hydrogen-bond donors (Lipinski definition) is 2. The summed E-state index contributed by atoms with van der Waals surface area (Å²) >= 11 is 0. The largest absolute Gasteiger partial charge is 0.463 e. The molecule has 1 unspecified atom stereocenters. The van der Waals surface area contributed by atoms with Crippen molar-refractivity contribution in [3.63, 3.8) is 0 Å². The number of carbonyl (C=O) groups excluding carboxylic acids is 1. The maximum atomic E-state index is 13.6. The van der Waals surface area contributed by atoms with E-state index in [-0.39, 0.29) is 17.7 Å². The van der Waals surface area contributed by atoms with Gasteiger partial charge in [0.25, 0.3) is 0 Å². The molecule has 2 aromatic carbocycles. The standard InChI is InChI=1S/C25H21N3O2/c1-25(24(29)26-22-13-20(27-28-22)21-11-6-12-30-21)14-19-15-7-2-4-9-17(15)23(25)18-10-5-3-8-16(18)19/h2-13,19,23H,14H2,1H3,(H2,26,27,28,29). The number of aromatic amines is 1. The van der Waals surface area contributed by atoms with Gasteiger partial charge in [0.2, 0.25) is 5.91 Å². The van der Waals surface area contributed by atoms with E-state index in [1.54, 1.807) is 6.26 Å². The lowest BCUT2D eigenvalue weighted by Gasteiger charge is -2.50. The molecule has 7 rings (SSSR count). The summed E-state index contributed by atoms with van der Waals surface area (Å²) < 4.78 is 5.41. The number of H-pyrrole nitrogens is 1. The Bertz CT molecular complexity index is 1210. The molecule has 0 saturated heterocycles. The van der Waals surface area contributed by atoms with E-state index in [9.17, 15) is 4.79 Å². The molecule has 4 aromatic rings. The summed E-state index contributed by atoms with van der Waals surface area (Å²) in [6.45, 7) is 2.09. The summed E-state index contributed by atoms with van der Waals surface area (Å²) in [5, 5.41) is 10.3. The SMILES string of the molecule is CC1(C(=O)Nc2cc(-c3ccco3)[nH]n2)CC2c3ccccc3C1c1ccccc12. The van der Waals surface area contributed by atoms with Crippen molar-refractivity contribution in [2.75, 3.05) is 5.32 Å². The monoisotopic (exact) mass is 395 g/mol. The van der Waals surface area contributed by atoms with Crippen molar-refractivity contribution in [2.45, 2.75) is 25.2 Å². The molecule has 1 amide bonds. The molecule has 30 heavy (non-hydrogen) atoms. The Kier molecular flexibility index (Phi) is 3.57. The smallest absolute Gasteiger partial charge is 0.232 e. The minimum atomic E-state index is -0.558. The zero-order valence-corrected chi connectivity index (χ0v) is 16.6. The van der Waals surface area contributed by atoms with Gasteiger partial charge >= 0.3 is 0 Å². The molecule has 0 spiro atoms. The molecule has 0 radical (unpaired) electrons. The van der Waals surface area contributed by atoms with Crippen LogP contribution in [0, 0.1) is 5.41 Å². The van der Waals surface area contributed by atoms with Crippen LogP contribution in [-0.4, -0.2) is 16.1 Å². The Morgan fingerprint density at radius 1 is 1.03 bits per heavy atom. The molecule has 3 aliphatic carbocycles. The number of nitrogens with one attached hydrogen (secondary N) is 2. The quantitative estimate of drug-likeness (QED) is 0.495. The van der Waals surface area contributed by atoms with Gasteiger partial charge in [-0.2, -0.15) is 5.10 Å². The molecule has 2 bridgehead atoms. The van der Waals surface area contributed by atoms with Gasteiger partial charge in [-0.05, 0) is 47.7 Å². The summed E-state index contributed by atoms with van der Waals surface area (Å²) in [7, 11) is 0. The van der Waals surface area contributed by atoms with Gasteiger partial charge in [-0.1, -0.05) is 48.5 Å². The first-order valence-electron chi connectivity index (χ1n) is 10.2. The van der Waals surface area contributed by atoms with E-state index in [2.05, 4.69) is 71.0 Å². The van der Waals surface area contributed by atoms with Crippen LogP contribution in [0.5, 0.6) is 0 Å². The minimum absolute atomic E-state index is 0.000925. The van der Waals surface area contributed by atoms with E-state index in [0.29, 0.717) is 11.6 Å². The van der Waals surface area contributed by atoms with Crippen LogP contribution in [0.4, 0.5) is 5.82 Å². The number of amides is 1. The molecular weight excluding hydrogens is 374 g/mol. The van der Waals surface area contributed by atoms with E-state index >= 15 is 0 Å². The van der Waals surface area contributed by atoms with Gasteiger partial charge in [-0.3, -0.25) is 9.89 Å². The maximum absolute atomic E-state index is 13.6.